The van der Waals surface area contributed by atoms with Crippen molar-refractivity contribution in [2.75, 3.05) is 28.4 Å². The summed E-state index contributed by atoms with van der Waals surface area (Å²) in [6.45, 7) is 0. The molecular weight excluding hydrogens is 463 g/mol. The molecule has 0 fully saturated rings. The van der Waals surface area contributed by atoms with Crippen LogP contribution < -0.4 is 18.9 Å². The van der Waals surface area contributed by atoms with E-state index >= 15 is 0 Å². The normalized spacial score (nSPS) is 11.4. The quantitative estimate of drug-likeness (QED) is 0.436. The minimum absolute atomic E-state index is 0.120. The molecule has 34 heavy (non-hydrogen) atoms. The lowest BCUT2D eigenvalue weighted by Crippen LogP contribution is -2.07. The van der Waals surface area contributed by atoms with Crippen molar-refractivity contribution >= 4 is 22.0 Å². The Bertz CT molecular complexity index is 1290. The molecule has 0 saturated heterocycles. The molecule has 180 valence electrons. The van der Waals surface area contributed by atoms with Gasteiger partial charge < -0.3 is 24.1 Å². The van der Waals surface area contributed by atoms with Gasteiger partial charge >= 0.3 is 0 Å². The molecule has 0 aliphatic rings. The molecule has 0 amide bonds. The van der Waals surface area contributed by atoms with E-state index < -0.39 is 21.4 Å². The second-order valence-corrected chi connectivity index (χ2v) is 9.22. The molecule has 0 aromatic heterocycles. The zero-order valence-corrected chi connectivity index (χ0v) is 20.0. The van der Waals surface area contributed by atoms with Crippen LogP contribution in [0.5, 0.6) is 28.7 Å². The Kier molecular flexibility index (Phi) is 7.68. The highest BCUT2D eigenvalue weighted by molar-refractivity contribution is 7.90. The van der Waals surface area contributed by atoms with Crippen LogP contribution in [0.15, 0.2) is 53.4 Å². The Morgan fingerprint density at radius 3 is 2.06 bits per heavy atom. The van der Waals surface area contributed by atoms with E-state index in [1.54, 1.807) is 24.3 Å². The van der Waals surface area contributed by atoms with E-state index in [1.165, 1.54) is 58.8 Å². The van der Waals surface area contributed by atoms with Gasteiger partial charge in [-0.3, -0.25) is 0 Å². The Morgan fingerprint density at radius 2 is 1.50 bits per heavy atom. The number of hydrogen-bond donors (Lipinski definition) is 1. The van der Waals surface area contributed by atoms with Gasteiger partial charge in [0.05, 0.1) is 39.1 Å². The molecule has 1 N–H and O–H groups in total. The molecule has 0 bridgehead atoms. The van der Waals surface area contributed by atoms with Crippen molar-refractivity contribution in [1.82, 2.24) is 0 Å². The predicted octanol–water partition coefficient (Wildman–Crippen LogP) is 4.71. The third-order valence-corrected chi connectivity index (χ3v) is 6.75. The molecule has 7 nitrogen and oxygen atoms in total. The minimum atomic E-state index is -3.88. The number of benzene rings is 3. The number of halogens is 1. The largest absolute Gasteiger partial charge is 0.504 e. The monoisotopic (exact) mass is 488 g/mol. The summed E-state index contributed by atoms with van der Waals surface area (Å²) in [6.07, 6.45) is 3.36. The van der Waals surface area contributed by atoms with Crippen LogP contribution in [0, 0.1) is 5.82 Å². The summed E-state index contributed by atoms with van der Waals surface area (Å²) in [5.41, 5.74) is 1.48. The van der Waals surface area contributed by atoms with Crippen LogP contribution in [0.1, 0.15) is 16.7 Å². The van der Waals surface area contributed by atoms with Gasteiger partial charge in [0, 0.05) is 0 Å². The lowest BCUT2D eigenvalue weighted by molar-refractivity contribution is 0.324. The van der Waals surface area contributed by atoms with Gasteiger partial charge in [-0.2, -0.15) is 0 Å². The number of phenols is 1. The fourth-order valence-corrected chi connectivity index (χ4v) is 4.81. The van der Waals surface area contributed by atoms with E-state index in [1.807, 2.05) is 0 Å². The highest BCUT2D eigenvalue weighted by atomic mass is 32.2. The summed E-state index contributed by atoms with van der Waals surface area (Å²) in [5, 5.41) is 10.3. The first-order valence-corrected chi connectivity index (χ1v) is 11.7. The number of ether oxygens (including phenoxy) is 4. The predicted molar refractivity (Wildman–Crippen MR) is 127 cm³/mol. The van der Waals surface area contributed by atoms with Gasteiger partial charge in [0.15, 0.2) is 32.8 Å². The van der Waals surface area contributed by atoms with E-state index in [0.29, 0.717) is 33.9 Å². The maximum atomic E-state index is 13.6. The number of sulfone groups is 1. The number of phenolic OH excluding ortho intramolecular Hbond substituents is 1. The number of methoxy groups -OCH3 is 4. The Hall–Kier alpha value is -3.72. The zero-order valence-electron chi connectivity index (χ0n) is 19.2. The van der Waals surface area contributed by atoms with Crippen LogP contribution in [0.25, 0.3) is 12.2 Å². The first-order chi connectivity index (χ1) is 16.2. The van der Waals surface area contributed by atoms with E-state index in [-0.39, 0.29) is 16.4 Å². The van der Waals surface area contributed by atoms with E-state index in [4.69, 9.17) is 18.9 Å². The van der Waals surface area contributed by atoms with Crippen molar-refractivity contribution in [3.8, 4) is 28.7 Å². The van der Waals surface area contributed by atoms with Crippen LogP contribution in [-0.4, -0.2) is 42.0 Å². The summed E-state index contributed by atoms with van der Waals surface area (Å²) in [5.74, 6) is 0.231. The van der Waals surface area contributed by atoms with Crippen LogP contribution in [0.2, 0.25) is 0 Å². The molecule has 0 spiro atoms. The van der Waals surface area contributed by atoms with Gasteiger partial charge in [-0.05, 0) is 59.2 Å². The molecule has 9 heteroatoms. The van der Waals surface area contributed by atoms with E-state index in [2.05, 4.69) is 0 Å². The minimum Gasteiger partial charge on any atom is -0.504 e. The molecule has 0 aliphatic heterocycles. The Balaban J connectivity index is 2.06. The second kappa shape index (κ2) is 10.5. The zero-order chi connectivity index (χ0) is 24.9. The maximum Gasteiger partial charge on any atom is 0.203 e. The smallest absolute Gasteiger partial charge is 0.203 e. The molecule has 0 unspecified atom stereocenters. The molecule has 0 saturated carbocycles. The Labute approximate surface area is 197 Å². The van der Waals surface area contributed by atoms with Gasteiger partial charge in [-0.15, -0.1) is 0 Å². The highest BCUT2D eigenvalue weighted by Gasteiger charge is 2.20. The fourth-order valence-electron chi connectivity index (χ4n) is 3.40. The van der Waals surface area contributed by atoms with Crippen molar-refractivity contribution in [2.24, 2.45) is 0 Å². The standard InChI is InChI=1S/C25H25FO7S/c1-30-22-13-18(15-34(28,29)20-7-5-6-19(26)14-20)17(12-21(22)27)9-8-16-10-23(31-2)25(33-4)24(11-16)32-3/h5-14,27H,15H2,1-4H3/b9-8-. The first-order valence-electron chi connectivity index (χ1n) is 10.1. The molecule has 3 rings (SSSR count). The third-order valence-electron chi connectivity index (χ3n) is 5.08. The van der Waals surface area contributed by atoms with Gasteiger partial charge in [0.2, 0.25) is 5.75 Å². The lowest BCUT2D eigenvalue weighted by atomic mass is 10.1. The van der Waals surface area contributed by atoms with Crippen LogP contribution in [0.3, 0.4) is 0 Å². The van der Waals surface area contributed by atoms with Gasteiger partial charge in [0.25, 0.3) is 0 Å². The van der Waals surface area contributed by atoms with E-state index in [9.17, 15) is 17.9 Å². The number of rotatable bonds is 9. The van der Waals surface area contributed by atoms with Crippen molar-refractivity contribution in [2.45, 2.75) is 10.6 Å². The van der Waals surface area contributed by atoms with Crippen molar-refractivity contribution in [1.29, 1.82) is 0 Å². The molecule has 3 aromatic carbocycles. The molecule has 0 radical (unpaired) electrons. The van der Waals surface area contributed by atoms with Gasteiger partial charge in [-0.25, -0.2) is 12.8 Å². The molecule has 0 atom stereocenters. The molecule has 0 heterocycles. The van der Waals surface area contributed by atoms with E-state index in [0.717, 1.165) is 6.07 Å². The highest BCUT2D eigenvalue weighted by Crippen LogP contribution is 2.39. The number of hydrogen-bond acceptors (Lipinski definition) is 7. The first kappa shape index (κ1) is 24.9. The second-order valence-electron chi connectivity index (χ2n) is 7.23. The van der Waals surface area contributed by atoms with Crippen molar-refractivity contribution in [3.63, 3.8) is 0 Å². The van der Waals surface area contributed by atoms with Gasteiger partial charge in [-0.1, -0.05) is 18.2 Å². The average molecular weight is 489 g/mol. The summed E-state index contributed by atoms with van der Waals surface area (Å²) in [6, 6.07) is 11.1. The number of aromatic hydroxyl groups is 1. The SMILES string of the molecule is COc1cc(CS(=O)(=O)c2cccc(F)c2)c(/C=C\c2cc(OC)c(OC)c(OC)c2)cc1O. The molecule has 0 aliphatic carbocycles. The molecule has 3 aromatic rings. The third kappa shape index (κ3) is 5.43. The fraction of sp³-hybridized carbons (Fsp3) is 0.200. The van der Waals surface area contributed by atoms with Crippen molar-refractivity contribution < 1.29 is 36.9 Å². The topological polar surface area (TPSA) is 91.3 Å². The molecular formula is C25H25FO7S. The lowest BCUT2D eigenvalue weighted by Gasteiger charge is -2.13. The summed E-state index contributed by atoms with van der Waals surface area (Å²) in [7, 11) is 1.99. The van der Waals surface area contributed by atoms with Crippen LogP contribution in [0.4, 0.5) is 4.39 Å². The summed E-state index contributed by atoms with van der Waals surface area (Å²) in [4.78, 5) is -0.140. The Morgan fingerprint density at radius 1 is 0.853 bits per heavy atom. The van der Waals surface area contributed by atoms with Gasteiger partial charge in [0.1, 0.15) is 5.82 Å². The maximum absolute atomic E-state index is 13.6. The van der Waals surface area contributed by atoms with Crippen LogP contribution in [-0.2, 0) is 15.6 Å². The summed E-state index contributed by atoms with van der Waals surface area (Å²) >= 11 is 0. The summed E-state index contributed by atoms with van der Waals surface area (Å²) < 4.78 is 60.7. The average Bonchev–Trinajstić information content (AvgIpc) is 2.82. The van der Waals surface area contributed by atoms with Crippen LogP contribution >= 0.6 is 0 Å². The van der Waals surface area contributed by atoms with Crippen molar-refractivity contribution in [3.05, 3.63) is 71.0 Å².